The topological polar surface area (TPSA) is 34.4 Å². The van der Waals surface area contributed by atoms with Crippen molar-refractivity contribution in [2.24, 2.45) is 4.99 Å². The Balaban J connectivity index is 2.28. The minimum atomic E-state index is -0.0211. The van der Waals surface area contributed by atoms with E-state index >= 15 is 0 Å². The van der Waals surface area contributed by atoms with E-state index in [1.54, 1.807) is 28.8 Å². The molecular weight excluding hydrogens is 291 g/mol. The molecule has 0 saturated heterocycles. The van der Waals surface area contributed by atoms with Gasteiger partial charge < -0.3 is 0 Å². The zero-order chi connectivity index (χ0) is 12.7. The fraction of sp³-hybridized carbons (Fsp3) is 0.167. The van der Waals surface area contributed by atoms with Crippen molar-refractivity contribution in [2.75, 3.05) is 6.54 Å². The summed E-state index contributed by atoms with van der Waals surface area (Å²) < 4.78 is 2.30. The van der Waals surface area contributed by atoms with Crippen molar-refractivity contribution >= 4 is 40.6 Å². The molecule has 18 heavy (non-hydrogen) atoms. The summed E-state index contributed by atoms with van der Waals surface area (Å²) in [6.07, 6.45) is 1.73. The number of rotatable bonds is 1. The highest BCUT2D eigenvalue weighted by Crippen LogP contribution is 2.24. The van der Waals surface area contributed by atoms with Gasteiger partial charge in [-0.15, -0.1) is 0 Å². The smallest absolute Gasteiger partial charge is 0.270 e. The van der Waals surface area contributed by atoms with E-state index in [-0.39, 0.29) is 5.56 Å². The van der Waals surface area contributed by atoms with Gasteiger partial charge in [0.15, 0.2) is 4.80 Å². The Labute approximate surface area is 117 Å². The van der Waals surface area contributed by atoms with Crippen molar-refractivity contribution in [1.82, 2.24) is 4.57 Å². The van der Waals surface area contributed by atoms with E-state index < -0.39 is 0 Å². The summed E-state index contributed by atoms with van der Waals surface area (Å²) in [5, 5.41) is 1.08. The first-order chi connectivity index (χ1) is 8.66. The van der Waals surface area contributed by atoms with Gasteiger partial charge in [-0.2, -0.15) is 0 Å². The molecule has 1 aromatic carbocycles. The summed E-state index contributed by atoms with van der Waals surface area (Å²) in [6.45, 7) is 1.35. The Morgan fingerprint density at radius 2 is 2.06 bits per heavy atom. The fourth-order valence-electron chi connectivity index (χ4n) is 1.85. The third-order valence-electron chi connectivity index (χ3n) is 2.73. The van der Waals surface area contributed by atoms with Gasteiger partial charge in [0.2, 0.25) is 0 Å². The number of nitrogens with zero attached hydrogens (tertiary/aromatic N) is 2. The van der Waals surface area contributed by atoms with Gasteiger partial charge >= 0.3 is 0 Å². The molecule has 1 aliphatic heterocycles. The lowest BCUT2D eigenvalue weighted by molar-refractivity contribution is 0.740. The van der Waals surface area contributed by atoms with Crippen molar-refractivity contribution in [3.63, 3.8) is 0 Å². The minimum Gasteiger partial charge on any atom is -0.282 e. The Morgan fingerprint density at radius 3 is 2.72 bits per heavy atom. The molecule has 0 N–H and O–H groups in total. The second kappa shape index (κ2) is 4.53. The molecule has 0 fully saturated rings. The highest BCUT2D eigenvalue weighted by atomic mass is 35.5. The number of halogens is 2. The van der Waals surface area contributed by atoms with Crippen molar-refractivity contribution in [3.05, 3.63) is 53.5 Å². The van der Waals surface area contributed by atoms with Gasteiger partial charge in [0, 0.05) is 22.2 Å². The SMILES string of the molecule is O=c1c(=Cc2c(Cl)cccc2Cl)sc2n1CCN=2. The summed E-state index contributed by atoms with van der Waals surface area (Å²) in [5.41, 5.74) is 0.658. The number of hydrogen-bond acceptors (Lipinski definition) is 3. The standard InChI is InChI=1S/C12H8Cl2N2OS/c13-8-2-1-3-9(14)7(8)6-10-11(17)16-5-4-15-12(16)18-10/h1-3,6H,4-5H2. The van der Waals surface area contributed by atoms with Crippen LogP contribution in [0.5, 0.6) is 0 Å². The summed E-state index contributed by atoms with van der Waals surface area (Å²) in [6, 6.07) is 5.28. The number of aromatic nitrogens is 1. The van der Waals surface area contributed by atoms with Crippen LogP contribution >= 0.6 is 34.5 Å². The van der Waals surface area contributed by atoms with Crippen molar-refractivity contribution < 1.29 is 0 Å². The highest BCUT2D eigenvalue weighted by molar-refractivity contribution is 7.07. The summed E-state index contributed by atoms with van der Waals surface area (Å²) in [5.74, 6) is 0. The predicted octanol–water partition coefficient (Wildman–Crippen LogP) is 1.68. The number of thiazole rings is 1. The van der Waals surface area contributed by atoms with E-state index in [1.807, 2.05) is 0 Å². The molecule has 0 saturated carbocycles. The zero-order valence-corrected chi connectivity index (χ0v) is 11.5. The van der Waals surface area contributed by atoms with E-state index in [0.29, 0.717) is 33.2 Å². The van der Waals surface area contributed by atoms with Crippen LogP contribution in [0.15, 0.2) is 28.0 Å². The second-order valence-electron chi connectivity index (χ2n) is 3.87. The van der Waals surface area contributed by atoms with Crippen molar-refractivity contribution in [3.8, 4) is 0 Å². The maximum atomic E-state index is 12.1. The molecule has 92 valence electrons. The van der Waals surface area contributed by atoms with Gasteiger partial charge in [-0.25, -0.2) is 0 Å². The average Bonchev–Trinajstić information content (AvgIpc) is 2.89. The molecule has 2 heterocycles. The molecule has 0 atom stereocenters. The molecule has 6 heteroatoms. The third-order valence-corrected chi connectivity index (χ3v) is 4.44. The van der Waals surface area contributed by atoms with Gasteiger partial charge in [-0.05, 0) is 18.2 Å². The van der Waals surface area contributed by atoms with Crippen LogP contribution in [-0.2, 0) is 6.54 Å². The van der Waals surface area contributed by atoms with Gasteiger partial charge in [0.25, 0.3) is 5.56 Å². The average molecular weight is 299 g/mol. The predicted molar refractivity (Wildman–Crippen MR) is 74.3 cm³/mol. The molecule has 1 aliphatic rings. The molecule has 0 aliphatic carbocycles. The van der Waals surface area contributed by atoms with Crippen LogP contribution in [0.25, 0.3) is 6.08 Å². The molecule has 0 radical (unpaired) electrons. The quantitative estimate of drug-likeness (QED) is 0.789. The van der Waals surface area contributed by atoms with E-state index in [1.165, 1.54) is 11.3 Å². The van der Waals surface area contributed by atoms with Crippen LogP contribution in [0.4, 0.5) is 0 Å². The minimum absolute atomic E-state index is 0.0211. The van der Waals surface area contributed by atoms with E-state index in [0.717, 1.165) is 4.80 Å². The third kappa shape index (κ3) is 1.90. The first-order valence-electron chi connectivity index (χ1n) is 5.36. The van der Waals surface area contributed by atoms with Gasteiger partial charge in [-0.3, -0.25) is 14.4 Å². The van der Waals surface area contributed by atoms with Gasteiger partial charge in [0.1, 0.15) is 0 Å². The Morgan fingerprint density at radius 1 is 1.33 bits per heavy atom. The second-order valence-corrected chi connectivity index (χ2v) is 5.69. The van der Waals surface area contributed by atoms with E-state index in [4.69, 9.17) is 23.2 Å². The Hall–Kier alpha value is -1.10. The molecule has 1 aromatic heterocycles. The van der Waals surface area contributed by atoms with Gasteiger partial charge in [-0.1, -0.05) is 40.6 Å². The summed E-state index contributed by atoms with van der Waals surface area (Å²) in [4.78, 5) is 17.1. The number of hydrogen-bond donors (Lipinski definition) is 0. The van der Waals surface area contributed by atoms with Crippen LogP contribution in [0.2, 0.25) is 10.0 Å². The fourth-order valence-corrected chi connectivity index (χ4v) is 3.37. The lowest BCUT2D eigenvalue weighted by atomic mass is 10.2. The van der Waals surface area contributed by atoms with Crippen LogP contribution < -0.4 is 14.9 Å². The van der Waals surface area contributed by atoms with Crippen LogP contribution in [-0.4, -0.2) is 11.1 Å². The van der Waals surface area contributed by atoms with Gasteiger partial charge in [0.05, 0.1) is 11.1 Å². The van der Waals surface area contributed by atoms with Crippen molar-refractivity contribution in [1.29, 1.82) is 0 Å². The molecule has 0 unspecified atom stereocenters. The maximum absolute atomic E-state index is 12.1. The first kappa shape index (κ1) is 12.0. The number of fused-ring (bicyclic) bond motifs is 1. The summed E-state index contributed by atoms with van der Waals surface area (Å²) >= 11 is 13.5. The molecule has 3 rings (SSSR count). The normalized spacial score (nSPS) is 14.7. The van der Waals surface area contributed by atoms with Crippen LogP contribution in [0.1, 0.15) is 5.56 Å². The first-order valence-corrected chi connectivity index (χ1v) is 6.94. The van der Waals surface area contributed by atoms with Crippen LogP contribution in [0.3, 0.4) is 0 Å². The molecule has 0 bridgehead atoms. The number of benzene rings is 1. The van der Waals surface area contributed by atoms with Crippen molar-refractivity contribution in [2.45, 2.75) is 6.54 Å². The molecule has 2 aromatic rings. The lowest BCUT2D eigenvalue weighted by Gasteiger charge is -1.99. The zero-order valence-electron chi connectivity index (χ0n) is 9.19. The van der Waals surface area contributed by atoms with E-state index in [2.05, 4.69) is 4.99 Å². The van der Waals surface area contributed by atoms with E-state index in [9.17, 15) is 4.79 Å². The monoisotopic (exact) mass is 298 g/mol. The molecule has 3 nitrogen and oxygen atoms in total. The highest BCUT2D eigenvalue weighted by Gasteiger charge is 2.10. The van der Waals surface area contributed by atoms with Crippen LogP contribution in [0, 0.1) is 0 Å². The Kier molecular flexibility index (Phi) is 3.01. The molecule has 0 amide bonds. The largest absolute Gasteiger partial charge is 0.282 e. The maximum Gasteiger partial charge on any atom is 0.270 e. The Bertz CT molecular complexity index is 771. The summed E-state index contributed by atoms with van der Waals surface area (Å²) in [7, 11) is 0. The molecular formula is C12H8Cl2N2OS. The molecule has 0 spiro atoms. The lowest BCUT2D eigenvalue weighted by Crippen LogP contribution is -2.29.